The molecule has 0 aromatic heterocycles. The molecule has 0 aliphatic heterocycles. The Morgan fingerprint density at radius 2 is 2.00 bits per heavy atom. The van der Waals surface area contributed by atoms with Crippen LogP contribution < -0.4 is 5.32 Å². The number of halogens is 2. The Morgan fingerprint density at radius 1 is 1.24 bits per heavy atom. The smallest absolute Gasteiger partial charge is 0.335 e. The summed E-state index contributed by atoms with van der Waals surface area (Å²) >= 11 is 6.89. The minimum absolute atomic E-state index is 0.202. The number of carboxylic acid groups (broad SMARTS) is 1. The Labute approximate surface area is 140 Å². The van der Waals surface area contributed by atoms with Gasteiger partial charge in [0.15, 0.2) is 0 Å². The van der Waals surface area contributed by atoms with Crippen LogP contribution in [0.3, 0.4) is 0 Å². The number of benzene rings is 2. The largest absolute Gasteiger partial charge is 0.478 e. The van der Waals surface area contributed by atoms with Crippen molar-refractivity contribution >= 4 is 37.8 Å². The molecule has 0 amide bonds. The van der Waals surface area contributed by atoms with E-state index in [1.807, 2.05) is 18.2 Å². The minimum atomic E-state index is -0.919. The standard InChI is InChI=1S/C16H15Br2NO2/c1-10(11-3-2-4-14(17)7-11)19-9-13-6-5-12(16(20)21)8-15(13)18/h2-8,10,19H,9H2,1H3,(H,20,21). The highest BCUT2D eigenvalue weighted by Crippen LogP contribution is 2.21. The lowest BCUT2D eigenvalue weighted by Gasteiger charge is -2.15. The van der Waals surface area contributed by atoms with Gasteiger partial charge in [-0.15, -0.1) is 0 Å². The van der Waals surface area contributed by atoms with Crippen molar-refractivity contribution in [3.05, 3.63) is 68.1 Å². The van der Waals surface area contributed by atoms with Gasteiger partial charge in [0.1, 0.15) is 0 Å². The summed E-state index contributed by atoms with van der Waals surface area (Å²) in [5.74, 6) is -0.919. The van der Waals surface area contributed by atoms with Crippen LogP contribution in [-0.2, 0) is 6.54 Å². The Bertz CT molecular complexity index is 658. The van der Waals surface area contributed by atoms with E-state index in [4.69, 9.17) is 5.11 Å². The van der Waals surface area contributed by atoms with Crippen LogP contribution in [-0.4, -0.2) is 11.1 Å². The number of hydrogen-bond donors (Lipinski definition) is 2. The normalized spacial score (nSPS) is 12.1. The highest BCUT2D eigenvalue weighted by molar-refractivity contribution is 9.10. The molecule has 0 saturated heterocycles. The van der Waals surface area contributed by atoms with Crippen LogP contribution in [0.2, 0.25) is 0 Å². The van der Waals surface area contributed by atoms with Gasteiger partial charge in [0.2, 0.25) is 0 Å². The molecule has 0 aliphatic rings. The molecule has 5 heteroatoms. The van der Waals surface area contributed by atoms with Gasteiger partial charge < -0.3 is 10.4 Å². The third-order valence-electron chi connectivity index (χ3n) is 3.25. The molecule has 0 saturated carbocycles. The molecule has 2 aromatic carbocycles. The minimum Gasteiger partial charge on any atom is -0.478 e. The fourth-order valence-electron chi connectivity index (χ4n) is 1.98. The number of carboxylic acids is 1. The molecule has 2 aromatic rings. The first-order chi connectivity index (χ1) is 9.97. The molecule has 0 aliphatic carbocycles. The fraction of sp³-hybridized carbons (Fsp3) is 0.188. The van der Waals surface area contributed by atoms with E-state index in [1.54, 1.807) is 12.1 Å². The monoisotopic (exact) mass is 411 g/mol. The lowest BCUT2D eigenvalue weighted by molar-refractivity contribution is 0.0697. The van der Waals surface area contributed by atoms with Crippen molar-refractivity contribution in [3.8, 4) is 0 Å². The number of aromatic carboxylic acids is 1. The molecule has 21 heavy (non-hydrogen) atoms. The van der Waals surface area contributed by atoms with Crippen molar-refractivity contribution < 1.29 is 9.90 Å². The molecule has 0 spiro atoms. The average molecular weight is 413 g/mol. The lowest BCUT2D eigenvalue weighted by Crippen LogP contribution is -2.18. The predicted octanol–water partition coefficient (Wildman–Crippen LogP) is 4.76. The molecule has 0 radical (unpaired) electrons. The van der Waals surface area contributed by atoms with E-state index in [2.05, 4.69) is 56.2 Å². The van der Waals surface area contributed by atoms with Crippen LogP contribution >= 0.6 is 31.9 Å². The lowest BCUT2D eigenvalue weighted by atomic mass is 10.1. The number of hydrogen-bond acceptors (Lipinski definition) is 2. The molecular formula is C16H15Br2NO2. The van der Waals surface area contributed by atoms with E-state index in [-0.39, 0.29) is 11.6 Å². The van der Waals surface area contributed by atoms with Crippen LogP contribution in [0.1, 0.15) is 34.5 Å². The van der Waals surface area contributed by atoms with Crippen LogP contribution in [0, 0.1) is 0 Å². The van der Waals surface area contributed by atoms with Gasteiger partial charge in [-0.05, 0) is 42.3 Å². The second-order valence-electron chi connectivity index (χ2n) is 4.77. The van der Waals surface area contributed by atoms with Crippen molar-refractivity contribution in [2.24, 2.45) is 0 Å². The summed E-state index contributed by atoms with van der Waals surface area (Å²) in [7, 11) is 0. The first-order valence-electron chi connectivity index (χ1n) is 6.48. The Balaban J connectivity index is 2.04. The summed E-state index contributed by atoms with van der Waals surface area (Å²) in [5.41, 5.74) is 2.51. The molecule has 2 rings (SSSR count). The second-order valence-corrected chi connectivity index (χ2v) is 6.54. The third kappa shape index (κ3) is 4.40. The van der Waals surface area contributed by atoms with E-state index in [0.29, 0.717) is 6.54 Å². The third-order valence-corrected chi connectivity index (χ3v) is 4.48. The summed E-state index contributed by atoms with van der Waals surface area (Å²) in [5, 5.41) is 12.4. The van der Waals surface area contributed by atoms with Crippen LogP contribution in [0.5, 0.6) is 0 Å². The van der Waals surface area contributed by atoms with Crippen LogP contribution in [0.15, 0.2) is 51.4 Å². The molecule has 110 valence electrons. The van der Waals surface area contributed by atoms with Crippen molar-refractivity contribution in [1.82, 2.24) is 5.32 Å². The SMILES string of the molecule is CC(NCc1ccc(C(=O)O)cc1Br)c1cccc(Br)c1. The van der Waals surface area contributed by atoms with Gasteiger partial charge in [0.05, 0.1) is 5.56 Å². The molecule has 0 fully saturated rings. The number of carbonyl (C=O) groups is 1. The summed E-state index contributed by atoms with van der Waals surface area (Å²) in [4.78, 5) is 10.9. The van der Waals surface area contributed by atoms with E-state index in [1.165, 1.54) is 5.56 Å². The van der Waals surface area contributed by atoms with Crippen molar-refractivity contribution in [2.45, 2.75) is 19.5 Å². The zero-order valence-electron chi connectivity index (χ0n) is 11.4. The topological polar surface area (TPSA) is 49.3 Å². The first-order valence-corrected chi connectivity index (χ1v) is 8.06. The molecule has 1 unspecified atom stereocenters. The summed E-state index contributed by atoms with van der Waals surface area (Å²) < 4.78 is 1.86. The van der Waals surface area contributed by atoms with Gasteiger partial charge >= 0.3 is 5.97 Å². The first kappa shape index (κ1) is 16.2. The fourth-order valence-corrected chi connectivity index (χ4v) is 2.92. The number of rotatable bonds is 5. The van der Waals surface area contributed by atoms with Crippen molar-refractivity contribution in [1.29, 1.82) is 0 Å². The summed E-state index contributed by atoms with van der Waals surface area (Å²) in [6, 6.07) is 13.4. The molecule has 1 atom stereocenters. The van der Waals surface area contributed by atoms with Gasteiger partial charge in [0, 0.05) is 21.5 Å². The maximum atomic E-state index is 10.9. The maximum absolute atomic E-state index is 10.9. The second kappa shape index (κ2) is 7.20. The Kier molecular flexibility index (Phi) is 5.56. The maximum Gasteiger partial charge on any atom is 0.335 e. The zero-order chi connectivity index (χ0) is 15.4. The summed E-state index contributed by atoms with van der Waals surface area (Å²) in [6.45, 7) is 2.76. The summed E-state index contributed by atoms with van der Waals surface area (Å²) in [6.07, 6.45) is 0. The van der Waals surface area contributed by atoms with Crippen LogP contribution in [0.4, 0.5) is 0 Å². The van der Waals surface area contributed by atoms with E-state index < -0.39 is 5.97 Å². The molecule has 0 bridgehead atoms. The van der Waals surface area contributed by atoms with Gasteiger partial charge in [0.25, 0.3) is 0 Å². The zero-order valence-corrected chi connectivity index (χ0v) is 14.6. The molecule has 2 N–H and O–H groups in total. The molecular weight excluding hydrogens is 398 g/mol. The van der Waals surface area contributed by atoms with Crippen LogP contribution in [0.25, 0.3) is 0 Å². The van der Waals surface area contributed by atoms with E-state index in [9.17, 15) is 4.79 Å². The Morgan fingerprint density at radius 3 is 2.62 bits per heavy atom. The molecule has 0 heterocycles. The van der Waals surface area contributed by atoms with Crippen molar-refractivity contribution in [3.63, 3.8) is 0 Å². The van der Waals surface area contributed by atoms with Gasteiger partial charge in [-0.1, -0.05) is 50.1 Å². The number of nitrogens with one attached hydrogen (secondary N) is 1. The highest BCUT2D eigenvalue weighted by Gasteiger charge is 2.09. The average Bonchev–Trinajstić information content (AvgIpc) is 2.45. The molecule has 3 nitrogen and oxygen atoms in total. The van der Waals surface area contributed by atoms with Crippen molar-refractivity contribution in [2.75, 3.05) is 0 Å². The van der Waals surface area contributed by atoms with E-state index >= 15 is 0 Å². The van der Waals surface area contributed by atoms with E-state index in [0.717, 1.165) is 14.5 Å². The van der Waals surface area contributed by atoms with Gasteiger partial charge in [-0.2, -0.15) is 0 Å². The van der Waals surface area contributed by atoms with Gasteiger partial charge in [-0.25, -0.2) is 4.79 Å². The van der Waals surface area contributed by atoms with Gasteiger partial charge in [-0.3, -0.25) is 0 Å². The Hall–Kier alpha value is -1.17. The highest BCUT2D eigenvalue weighted by atomic mass is 79.9. The predicted molar refractivity (Wildman–Crippen MR) is 90.5 cm³/mol. The quantitative estimate of drug-likeness (QED) is 0.744.